The van der Waals surface area contributed by atoms with Crippen molar-refractivity contribution in [1.29, 1.82) is 0 Å². The molecule has 1 aliphatic carbocycles. The molecule has 0 bridgehead atoms. The van der Waals surface area contributed by atoms with E-state index in [0.29, 0.717) is 62.9 Å². The molecule has 0 fully saturated rings. The van der Waals surface area contributed by atoms with Crippen LogP contribution in [0.1, 0.15) is 78.1 Å². The third kappa shape index (κ3) is 5.60. The minimum absolute atomic E-state index is 0.102. The van der Waals surface area contributed by atoms with E-state index in [-0.39, 0.29) is 23.9 Å². The topological polar surface area (TPSA) is 59.1 Å². The highest BCUT2D eigenvalue weighted by molar-refractivity contribution is 6.11. The van der Waals surface area contributed by atoms with E-state index >= 15 is 0 Å². The molecule has 0 saturated heterocycles. The van der Waals surface area contributed by atoms with E-state index in [9.17, 15) is 18.4 Å². The van der Waals surface area contributed by atoms with Gasteiger partial charge in [0.1, 0.15) is 11.6 Å². The van der Waals surface area contributed by atoms with Gasteiger partial charge in [0.25, 0.3) is 5.91 Å². The maximum absolute atomic E-state index is 14.5. The van der Waals surface area contributed by atoms with Crippen LogP contribution >= 0.6 is 0 Å². The first kappa shape index (κ1) is 26.7. The number of hydrogen-bond acceptors (Lipinski definition) is 3. The van der Waals surface area contributed by atoms with Crippen LogP contribution in [-0.4, -0.2) is 23.2 Å². The molecule has 4 nitrogen and oxygen atoms in total. The lowest BCUT2D eigenvalue weighted by Gasteiger charge is -2.17. The number of carbonyl (C=O) groups is 2. The molecule has 0 unspecified atom stereocenters. The van der Waals surface area contributed by atoms with Crippen LogP contribution in [0.4, 0.5) is 8.78 Å². The molecule has 4 aromatic rings. The number of ketones is 1. The Morgan fingerprint density at radius 1 is 0.872 bits per heavy atom. The summed E-state index contributed by atoms with van der Waals surface area (Å²) in [6.45, 7) is 2.71. The molecular weight excluding hydrogens is 494 g/mol. The van der Waals surface area contributed by atoms with Crippen LogP contribution in [-0.2, 0) is 6.42 Å². The van der Waals surface area contributed by atoms with Crippen molar-refractivity contribution in [2.75, 3.05) is 6.54 Å². The number of amides is 1. The van der Waals surface area contributed by atoms with E-state index in [2.05, 4.69) is 12.2 Å². The SMILES string of the molecule is CCCCCCCCNC(=O)c1c2c(nc3ccc(F)cc13)-c1ccc(-c3ccccc3F)cc1C(=O)CC2. The first-order valence-corrected chi connectivity index (χ1v) is 13.8. The summed E-state index contributed by atoms with van der Waals surface area (Å²) in [5, 5.41) is 3.47. The predicted molar refractivity (Wildman–Crippen MR) is 151 cm³/mol. The maximum Gasteiger partial charge on any atom is 0.252 e. The number of unbranched alkanes of at least 4 members (excludes halogenated alkanes) is 5. The first-order chi connectivity index (χ1) is 19.0. The lowest BCUT2D eigenvalue weighted by molar-refractivity contribution is 0.0948. The number of fused-ring (bicyclic) bond motifs is 4. The Morgan fingerprint density at radius 2 is 1.67 bits per heavy atom. The molecule has 5 rings (SSSR count). The fourth-order valence-corrected chi connectivity index (χ4v) is 5.41. The normalized spacial score (nSPS) is 12.6. The number of nitrogens with zero attached hydrogens (tertiary/aromatic N) is 1. The predicted octanol–water partition coefficient (Wildman–Crippen LogP) is 8.07. The van der Waals surface area contributed by atoms with Crippen molar-refractivity contribution in [3.8, 4) is 22.4 Å². The number of hydrogen-bond donors (Lipinski definition) is 1. The summed E-state index contributed by atoms with van der Waals surface area (Å²) in [7, 11) is 0. The third-order valence-electron chi connectivity index (χ3n) is 7.45. The zero-order valence-corrected chi connectivity index (χ0v) is 22.2. The highest BCUT2D eigenvalue weighted by Gasteiger charge is 2.28. The van der Waals surface area contributed by atoms with Crippen molar-refractivity contribution in [3.63, 3.8) is 0 Å². The van der Waals surface area contributed by atoms with Gasteiger partial charge in [0, 0.05) is 35.0 Å². The van der Waals surface area contributed by atoms with Crippen LogP contribution in [0.5, 0.6) is 0 Å². The van der Waals surface area contributed by atoms with Gasteiger partial charge in [-0.05, 0) is 54.3 Å². The van der Waals surface area contributed by atoms with Crippen LogP contribution in [0.3, 0.4) is 0 Å². The molecule has 1 aromatic heterocycles. The van der Waals surface area contributed by atoms with Crippen LogP contribution in [0, 0.1) is 11.6 Å². The van der Waals surface area contributed by atoms with E-state index in [1.807, 2.05) is 0 Å². The Hall–Kier alpha value is -3.93. The fourth-order valence-electron chi connectivity index (χ4n) is 5.41. The van der Waals surface area contributed by atoms with E-state index in [1.54, 1.807) is 42.5 Å². The average Bonchev–Trinajstić information content (AvgIpc) is 3.07. The van der Waals surface area contributed by atoms with E-state index in [4.69, 9.17) is 4.98 Å². The summed E-state index contributed by atoms with van der Waals surface area (Å²) in [5.41, 5.74) is 4.10. The number of nitrogens with one attached hydrogen (secondary N) is 1. The number of pyridine rings is 1. The Balaban J connectivity index is 1.55. The minimum atomic E-state index is -0.450. The second-order valence-corrected chi connectivity index (χ2v) is 10.2. The summed E-state index contributed by atoms with van der Waals surface area (Å²) in [6.07, 6.45) is 7.11. The summed E-state index contributed by atoms with van der Waals surface area (Å²) < 4.78 is 28.8. The summed E-state index contributed by atoms with van der Waals surface area (Å²) in [5.74, 6) is -1.20. The molecule has 0 radical (unpaired) electrons. The van der Waals surface area contributed by atoms with Crippen LogP contribution in [0.2, 0.25) is 0 Å². The minimum Gasteiger partial charge on any atom is -0.352 e. The highest BCUT2D eigenvalue weighted by Crippen LogP contribution is 2.38. The fraction of sp³-hybridized carbons (Fsp3) is 0.303. The maximum atomic E-state index is 14.5. The third-order valence-corrected chi connectivity index (χ3v) is 7.45. The largest absolute Gasteiger partial charge is 0.352 e. The van der Waals surface area contributed by atoms with Crippen LogP contribution in [0.25, 0.3) is 33.3 Å². The highest BCUT2D eigenvalue weighted by atomic mass is 19.1. The van der Waals surface area contributed by atoms with Gasteiger partial charge in [-0.2, -0.15) is 0 Å². The standard InChI is InChI=1S/C33H32F2N2O2/c1-2-3-4-5-6-9-18-36-33(39)31-25-15-17-30(38)26-19-21(23-10-7-8-11-28(23)35)12-14-24(26)32(25)37-29-16-13-22(34)20-27(29)31/h7-8,10-14,16,19-20H,2-6,9,15,17-18H2,1H3,(H,36,39). The molecule has 200 valence electrons. The molecule has 1 amide bonds. The molecule has 3 aromatic carbocycles. The molecule has 1 aliphatic rings. The molecule has 0 spiro atoms. The Bertz CT molecular complexity index is 1550. The molecule has 6 heteroatoms. The Morgan fingerprint density at radius 3 is 2.49 bits per heavy atom. The Kier molecular flexibility index (Phi) is 8.10. The first-order valence-electron chi connectivity index (χ1n) is 13.8. The number of carbonyl (C=O) groups excluding carboxylic acids is 2. The molecule has 1 heterocycles. The van der Waals surface area contributed by atoms with E-state index in [0.717, 1.165) is 19.3 Å². The smallest absolute Gasteiger partial charge is 0.252 e. The van der Waals surface area contributed by atoms with Crippen molar-refractivity contribution in [1.82, 2.24) is 10.3 Å². The zero-order chi connectivity index (χ0) is 27.4. The lowest BCUT2D eigenvalue weighted by Crippen LogP contribution is -2.26. The van der Waals surface area contributed by atoms with Crippen molar-refractivity contribution >= 4 is 22.6 Å². The number of benzene rings is 3. The van der Waals surface area contributed by atoms with E-state index < -0.39 is 5.82 Å². The Labute approximate surface area is 227 Å². The second-order valence-electron chi connectivity index (χ2n) is 10.2. The summed E-state index contributed by atoms with van der Waals surface area (Å²) >= 11 is 0. The quantitative estimate of drug-likeness (QED) is 0.224. The molecule has 0 saturated carbocycles. The molecule has 1 N–H and O–H groups in total. The average molecular weight is 527 g/mol. The molecule has 39 heavy (non-hydrogen) atoms. The monoisotopic (exact) mass is 526 g/mol. The van der Waals surface area contributed by atoms with E-state index in [1.165, 1.54) is 37.5 Å². The van der Waals surface area contributed by atoms with Crippen molar-refractivity contribution in [2.24, 2.45) is 0 Å². The van der Waals surface area contributed by atoms with Crippen molar-refractivity contribution < 1.29 is 18.4 Å². The van der Waals surface area contributed by atoms with Gasteiger partial charge in [-0.1, -0.05) is 69.4 Å². The lowest BCUT2D eigenvalue weighted by atomic mass is 9.92. The zero-order valence-electron chi connectivity index (χ0n) is 22.2. The molecule has 0 aliphatic heterocycles. The second kappa shape index (κ2) is 11.9. The van der Waals surface area contributed by atoms with Gasteiger partial charge < -0.3 is 5.32 Å². The number of rotatable bonds is 9. The van der Waals surface area contributed by atoms with Gasteiger partial charge in [0.15, 0.2) is 5.78 Å². The van der Waals surface area contributed by atoms with Gasteiger partial charge >= 0.3 is 0 Å². The number of aromatic nitrogens is 1. The van der Waals surface area contributed by atoms with Crippen molar-refractivity contribution in [2.45, 2.75) is 58.3 Å². The van der Waals surface area contributed by atoms with Crippen molar-refractivity contribution in [3.05, 3.63) is 89.0 Å². The summed E-state index contributed by atoms with van der Waals surface area (Å²) in [6, 6.07) is 15.9. The van der Waals surface area contributed by atoms with Gasteiger partial charge in [0.05, 0.1) is 16.8 Å². The van der Waals surface area contributed by atoms with Crippen LogP contribution in [0.15, 0.2) is 60.7 Å². The number of halogens is 2. The number of Topliss-reactive ketones (excluding diaryl/α,β-unsaturated/α-hetero) is 1. The van der Waals surface area contributed by atoms with Crippen LogP contribution < -0.4 is 5.32 Å². The van der Waals surface area contributed by atoms with Gasteiger partial charge in [-0.25, -0.2) is 13.8 Å². The summed E-state index contributed by atoms with van der Waals surface area (Å²) in [4.78, 5) is 31.7. The van der Waals surface area contributed by atoms with Gasteiger partial charge in [-0.15, -0.1) is 0 Å². The molecule has 0 atom stereocenters. The molecular formula is C33H32F2N2O2. The van der Waals surface area contributed by atoms with Gasteiger partial charge in [-0.3, -0.25) is 9.59 Å². The van der Waals surface area contributed by atoms with Gasteiger partial charge in [0.2, 0.25) is 0 Å².